The molecule has 0 saturated carbocycles. The van der Waals surface area contributed by atoms with Gasteiger partial charge in [0.1, 0.15) is 11.8 Å². The molecule has 2 aromatic carbocycles. The number of hydrogen-bond acceptors (Lipinski definition) is 3. The topological polar surface area (TPSA) is 50.4 Å². The van der Waals surface area contributed by atoms with E-state index in [4.69, 9.17) is 16.3 Å². The Morgan fingerprint density at radius 3 is 2.52 bits per heavy atom. The van der Waals surface area contributed by atoms with Crippen LogP contribution < -0.4 is 15.4 Å². The van der Waals surface area contributed by atoms with Gasteiger partial charge in [0.25, 0.3) is 0 Å². The molecule has 0 heterocycles. The average molecular weight is 305 g/mol. The second-order valence-corrected chi connectivity index (χ2v) is 4.98. The molecule has 0 aliphatic heterocycles. The number of methoxy groups -OCH3 is 1. The minimum atomic E-state index is -0.393. The molecule has 110 valence electrons. The third-order valence-corrected chi connectivity index (χ3v) is 3.28. The smallest absolute Gasteiger partial charge is 0.246 e. The lowest BCUT2D eigenvalue weighted by Crippen LogP contribution is -2.31. The number of hydrogen-bond donors (Lipinski definition) is 2. The summed E-state index contributed by atoms with van der Waals surface area (Å²) < 4.78 is 5.15. The van der Waals surface area contributed by atoms with E-state index in [1.165, 1.54) is 0 Å². The molecule has 2 aromatic rings. The third kappa shape index (κ3) is 4.13. The highest BCUT2D eigenvalue weighted by molar-refractivity contribution is 6.32. The number of ether oxygens (including phenoxy) is 1. The molecule has 21 heavy (non-hydrogen) atoms. The Kier molecular flexibility index (Phi) is 5.06. The highest BCUT2D eigenvalue weighted by atomic mass is 35.5. The summed E-state index contributed by atoms with van der Waals surface area (Å²) in [4.78, 5) is 12.1. The summed E-state index contributed by atoms with van der Waals surface area (Å²) in [5, 5.41) is 6.49. The highest BCUT2D eigenvalue weighted by Crippen LogP contribution is 2.27. The van der Waals surface area contributed by atoms with Gasteiger partial charge in [-0.25, -0.2) is 0 Å². The maximum Gasteiger partial charge on any atom is 0.246 e. The molecule has 0 radical (unpaired) electrons. The van der Waals surface area contributed by atoms with Crippen molar-refractivity contribution in [3.8, 4) is 5.75 Å². The quantitative estimate of drug-likeness (QED) is 0.883. The fraction of sp³-hybridized carbons (Fsp3) is 0.188. The number of amides is 1. The highest BCUT2D eigenvalue weighted by Gasteiger charge is 2.13. The Bertz CT molecular complexity index is 617. The summed E-state index contributed by atoms with van der Waals surface area (Å²) >= 11 is 5.97. The van der Waals surface area contributed by atoms with Gasteiger partial charge in [-0.15, -0.1) is 0 Å². The summed E-state index contributed by atoms with van der Waals surface area (Å²) in [5.74, 6) is 0.451. The van der Waals surface area contributed by atoms with Crippen molar-refractivity contribution in [3.63, 3.8) is 0 Å². The van der Waals surface area contributed by atoms with Crippen molar-refractivity contribution in [3.05, 3.63) is 53.6 Å². The summed E-state index contributed by atoms with van der Waals surface area (Å²) in [5.41, 5.74) is 1.54. The molecule has 0 spiro atoms. The lowest BCUT2D eigenvalue weighted by molar-refractivity contribution is -0.116. The van der Waals surface area contributed by atoms with E-state index in [0.717, 1.165) is 11.4 Å². The van der Waals surface area contributed by atoms with Gasteiger partial charge in [-0.2, -0.15) is 0 Å². The first kappa shape index (κ1) is 15.2. The minimum absolute atomic E-state index is 0.116. The monoisotopic (exact) mass is 304 g/mol. The van der Waals surface area contributed by atoms with E-state index in [-0.39, 0.29) is 5.91 Å². The molecule has 1 unspecified atom stereocenters. The van der Waals surface area contributed by atoms with Crippen LogP contribution in [0.2, 0.25) is 5.02 Å². The molecule has 0 aromatic heterocycles. The van der Waals surface area contributed by atoms with Gasteiger partial charge in [0.05, 0.1) is 12.1 Å². The summed E-state index contributed by atoms with van der Waals surface area (Å²) in [6.45, 7) is 1.79. The molecule has 2 rings (SSSR count). The van der Waals surface area contributed by atoms with E-state index in [1.807, 2.05) is 30.3 Å². The van der Waals surface area contributed by atoms with Gasteiger partial charge in [-0.05, 0) is 31.2 Å². The molecule has 0 saturated heterocycles. The zero-order chi connectivity index (χ0) is 15.2. The molecule has 5 heteroatoms. The van der Waals surface area contributed by atoms with Crippen molar-refractivity contribution in [1.29, 1.82) is 0 Å². The van der Waals surface area contributed by atoms with Crippen LogP contribution in [0.15, 0.2) is 48.5 Å². The molecule has 0 aliphatic carbocycles. The Balaban J connectivity index is 2.00. The molecule has 0 fully saturated rings. The molecule has 2 N–H and O–H groups in total. The van der Waals surface area contributed by atoms with E-state index < -0.39 is 6.04 Å². The average Bonchev–Trinajstić information content (AvgIpc) is 2.50. The number of rotatable bonds is 5. The van der Waals surface area contributed by atoms with Gasteiger partial charge in [0, 0.05) is 17.4 Å². The first-order valence-electron chi connectivity index (χ1n) is 6.56. The first-order valence-corrected chi connectivity index (χ1v) is 6.94. The van der Waals surface area contributed by atoms with Gasteiger partial charge in [0.2, 0.25) is 5.91 Å². The van der Waals surface area contributed by atoms with Crippen molar-refractivity contribution in [2.24, 2.45) is 0 Å². The van der Waals surface area contributed by atoms with Crippen molar-refractivity contribution in [2.45, 2.75) is 13.0 Å². The van der Waals surface area contributed by atoms with Gasteiger partial charge < -0.3 is 15.4 Å². The van der Waals surface area contributed by atoms with Gasteiger partial charge in [-0.1, -0.05) is 29.8 Å². The van der Waals surface area contributed by atoms with Crippen molar-refractivity contribution in [2.75, 3.05) is 17.7 Å². The van der Waals surface area contributed by atoms with Gasteiger partial charge >= 0.3 is 0 Å². The molecule has 4 nitrogen and oxygen atoms in total. The summed E-state index contributed by atoms with van der Waals surface area (Å²) in [6.07, 6.45) is 0. The fourth-order valence-electron chi connectivity index (χ4n) is 1.84. The van der Waals surface area contributed by atoms with E-state index in [9.17, 15) is 4.79 Å². The number of anilines is 2. The largest absolute Gasteiger partial charge is 0.495 e. The molecule has 0 bridgehead atoms. The van der Waals surface area contributed by atoms with Crippen LogP contribution in [0.5, 0.6) is 5.75 Å². The Hall–Kier alpha value is -2.20. The van der Waals surface area contributed by atoms with Crippen LogP contribution in [0.25, 0.3) is 0 Å². The number of para-hydroxylation sites is 1. The van der Waals surface area contributed by atoms with Crippen LogP contribution in [-0.2, 0) is 4.79 Å². The maximum absolute atomic E-state index is 12.1. The van der Waals surface area contributed by atoms with Crippen molar-refractivity contribution < 1.29 is 9.53 Å². The van der Waals surface area contributed by atoms with Gasteiger partial charge in [0.15, 0.2) is 0 Å². The normalized spacial score (nSPS) is 11.6. The van der Waals surface area contributed by atoms with Crippen LogP contribution in [0.1, 0.15) is 6.92 Å². The zero-order valence-corrected chi connectivity index (χ0v) is 12.6. The Morgan fingerprint density at radius 2 is 1.86 bits per heavy atom. The van der Waals surface area contributed by atoms with Crippen molar-refractivity contribution >= 4 is 28.9 Å². The number of carbonyl (C=O) groups is 1. The number of carbonyl (C=O) groups excluding carboxylic acids is 1. The first-order chi connectivity index (χ1) is 10.1. The lowest BCUT2D eigenvalue weighted by atomic mass is 10.2. The van der Waals surface area contributed by atoms with Crippen LogP contribution in [-0.4, -0.2) is 19.1 Å². The van der Waals surface area contributed by atoms with Crippen LogP contribution >= 0.6 is 11.6 Å². The Morgan fingerprint density at radius 1 is 1.14 bits per heavy atom. The lowest BCUT2D eigenvalue weighted by Gasteiger charge is -2.16. The molecule has 1 amide bonds. The standard InChI is InChI=1S/C16H17ClN2O2/c1-11(16(20)19-12-6-4-3-5-7-12)18-13-8-9-14(17)15(10-13)21-2/h3-11,18H,1-2H3,(H,19,20). The SMILES string of the molecule is COc1cc(NC(C)C(=O)Nc2ccccc2)ccc1Cl. The summed E-state index contributed by atoms with van der Waals surface area (Å²) in [7, 11) is 1.55. The third-order valence-electron chi connectivity index (χ3n) is 2.97. The molecule has 1 atom stereocenters. The molecular weight excluding hydrogens is 288 g/mol. The van der Waals surface area contributed by atoms with E-state index >= 15 is 0 Å². The minimum Gasteiger partial charge on any atom is -0.495 e. The maximum atomic E-state index is 12.1. The van der Waals surface area contributed by atoms with Crippen LogP contribution in [0.4, 0.5) is 11.4 Å². The van der Waals surface area contributed by atoms with Gasteiger partial charge in [-0.3, -0.25) is 4.79 Å². The van der Waals surface area contributed by atoms with Crippen LogP contribution in [0.3, 0.4) is 0 Å². The molecular formula is C16H17ClN2O2. The predicted octanol–water partition coefficient (Wildman–Crippen LogP) is 3.79. The van der Waals surface area contributed by atoms with E-state index in [2.05, 4.69) is 10.6 Å². The number of benzene rings is 2. The van der Waals surface area contributed by atoms with Crippen molar-refractivity contribution in [1.82, 2.24) is 0 Å². The van der Waals surface area contributed by atoms with Crippen LogP contribution in [0, 0.1) is 0 Å². The van der Waals surface area contributed by atoms with E-state index in [1.54, 1.807) is 32.2 Å². The summed E-state index contributed by atoms with van der Waals surface area (Å²) in [6, 6.07) is 14.2. The predicted molar refractivity (Wildman–Crippen MR) is 86.2 cm³/mol. The number of halogens is 1. The second-order valence-electron chi connectivity index (χ2n) is 4.57. The Labute approximate surface area is 129 Å². The zero-order valence-electron chi connectivity index (χ0n) is 11.9. The molecule has 0 aliphatic rings. The second kappa shape index (κ2) is 6.99. The van der Waals surface area contributed by atoms with E-state index in [0.29, 0.717) is 10.8 Å². The fourth-order valence-corrected chi connectivity index (χ4v) is 2.03. The number of nitrogens with one attached hydrogen (secondary N) is 2.